The standard InChI is InChI=1S/C11H11F3/c12-11(13,14)9-5-4-8-10-6-2-1-3-7-10/h1-7H,8-9H2. The minimum Gasteiger partial charge on any atom is -0.171 e. The zero-order valence-electron chi connectivity index (χ0n) is 7.59. The van der Waals surface area contributed by atoms with Gasteiger partial charge in [-0.05, 0) is 12.0 Å². The van der Waals surface area contributed by atoms with Gasteiger partial charge in [-0.15, -0.1) is 0 Å². The Labute approximate surface area is 81.1 Å². The molecule has 0 atom stereocenters. The fraction of sp³-hybridized carbons (Fsp3) is 0.273. The third-order valence-corrected chi connectivity index (χ3v) is 1.71. The number of alkyl halides is 3. The molecule has 0 N–H and O–H groups in total. The van der Waals surface area contributed by atoms with Crippen molar-refractivity contribution in [3.8, 4) is 0 Å². The number of halogens is 3. The monoisotopic (exact) mass is 200 g/mol. The number of rotatable bonds is 3. The molecule has 0 aliphatic rings. The molecule has 0 aliphatic heterocycles. The Balaban J connectivity index is 2.35. The first kappa shape index (κ1) is 10.8. The Morgan fingerprint density at radius 1 is 1.00 bits per heavy atom. The van der Waals surface area contributed by atoms with Gasteiger partial charge in [-0.25, -0.2) is 0 Å². The molecule has 0 saturated heterocycles. The van der Waals surface area contributed by atoms with Gasteiger partial charge in [-0.3, -0.25) is 0 Å². The molecule has 14 heavy (non-hydrogen) atoms. The SMILES string of the molecule is FC(F)(F)CC=CCc1ccccc1. The molecule has 0 aromatic heterocycles. The molecule has 0 amide bonds. The highest BCUT2D eigenvalue weighted by atomic mass is 19.4. The molecule has 0 unspecified atom stereocenters. The van der Waals surface area contributed by atoms with Crippen LogP contribution < -0.4 is 0 Å². The number of benzene rings is 1. The summed E-state index contributed by atoms with van der Waals surface area (Å²) in [6, 6.07) is 9.39. The van der Waals surface area contributed by atoms with Crippen LogP contribution >= 0.6 is 0 Å². The smallest absolute Gasteiger partial charge is 0.171 e. The van der Waals surface area contributed by atoms with E-state index in [-0.39, 0.29) is 0 Å². The second kappa shape index (κ2) is 4.84. The highest BCUT2D eigenvalue weighted by Gasteiger charge is 2.24. The first-order valence-electron chi connectivity index (χ1n) is 4.33. The van der Waals surface area contributed by atoms with E-state index < -0.39 is 12.6 Å². The van der Waals surface area contributed by atoms with E-state index in [4.69, 9.17) is 0 Å². The fourth-order valence-corrected chi connectivity index (χ4v) is 1.05. The van der Waals surface area contributed by atoms with Gasteiger partial charge in [0, 0.05) is 0 Å². The molecule has 76 valence electrons. The van der Waals surface area contributed by atoms with E-state index in [1.807, 2.05) is 30.3 Å². The van der Waals surface area contributed by atoms with Crippen LogP contribution in [0, 0.1) is 0 Å². The van der Waals surface area contributed by atoms with Crippen LogP contribution in [0.25, 0.3) is 0 Å². The molecule has 0 fully saturated rings. The van der Waals surface area contributed by atoms with Crippen LogP contribution in [-0.2, 0) is 6.42 Å². The Morgan fingerprint density at radius 2 is 1.64 bits per heavy atom. The summed E-state index contributed by atoms with van der Waals surface area (Å²) in [5.41, 5.74) is 1.02. The van der Waals surface area contributed by atoms with Crippen LogP contribution in [0.4, 0.5) is 13.2 Å². The van der Waals surface area contributed by atoms with Crippen LogP contribution in [-0.4, -0.2) is 6.18 Å². The van der Waals surface area contributed by atoms with E-state index in [9.17, 15) is 13.2 Å². The molecule has 1 aromatic rings. The lowest BCUT2D eigenvalue weighted by Gasteiger charge is -2.00. The van der Waals surface area contributed by atoms with Crippen LogP contribution in [0.2, 0.25) is 0 Å². The quantitative estimate of drug-likeness (QED) is 0.652. The summed E-state index contributed by atoms with van der Waals surface area (Å²) in [6.07, 6.45) is -1.68. The third-order valence-electron chi connectivity index (χ3n) is 1.71. The maximum absolute atomic E-state index is 11.7. The lowest BCUT2D eigenvalue weighted by Crippen LogP contribution is -2.04. The van der Waals surface area contributed by atoms with Crippen molar-refractivity contribution in [2.45, 2.75) is 19.0 Å². The summed E-state index contributed by atoms with van der Waals surface area (Å²) in [4.78, 5) is 0. The minimum absolute atomic E-state index is 0.552. The topological polar surface area (TPSA) is 0 Å². The van der Waals surface area contributed by atoms with Crippen molar-refractivity contribution in [1.29, 1.82) is 0 Å². The lowest BCUT2D eigenvalue weighted by molar-refractivity contribution is -0.125. The molecule has 3 heteroatoms. The fourth-order valence-electron chi connectivity index (χ4n) is 1.05. The molecule has 0 heterocycles. The zero-order valence-corrected chi connectivity index (χ0v) is 7.59. The Kier molecular flexibility index (Phi) is 3.74. The predicted octanol–water partition coefficient (Wildman–Crippen LogP) is 3.74. The van der Waals surface area contributed by atoms with Crippen molar-refractivity contribution in [3.63, 3.8) is 0 Å². The molecular formula is C11H11F3. The van der Waals surface area contributed by atoms with Gasteiger partial charge in [0.15, 0.2) is 0 Å². The molecule has 0 nitrogen and oxygen atoms in total. The summed E-state index contributed by atoms with van der Waals surface area (Å²) in [7, 11) is 0. The Morgan fingerprint density at radius 3 is 2.21 bits per heavy atom. The van der Waals surface area contributed by atoms with Crippen molar-refractivity contribution in [2.24, 2.45) is 0 Å². The first-order chi connectivity index (χ1) is 6.58. The molecule has 1 aromatic carbocycles. The van der Waals surface area contributed by atoms with Gasteiger partial charge in [0.25, 0.3) is 0 Å². The van der Waals surface area contributed by atoms with Gasteiger partial charge in [0.1, 0.15) is 0 Å². The molecule has 0 aliphatic carbocycles. The summed E-state index contributed by atoms with van der Waals surface area (Å²) in [6.45, 7) is 0. The predicted molar refractivity (Wildman–Crippen MR) is 50.0 cm³/mol. The molecular weight excluding hydrogens is 189 g/mol. The number of allylic oxidation sites excluding steroid dienone is 2. The average Bonchev–Trinajstić information content (AvgIpc) is 2.13. The second-order valence-electron chi connectivity index (χ2n) is 2.98. The maximum atomic E-state index is 11.7. The van der Waals surface area contributed by atoms with Crippen molar-refractivity contribution in [2.75, 3.05) is 0 Å². The van der Waals surface area contributed by atoms with Crippen molar-refractivity contribution < 1.29 is 13.2 Å². The summed E-state index contributed by atoms with van der Waals surface area (Å²) < 4.78 is 35.2. The van der Waals surface area contributed by atoms with Crippen LogP contribution in [0.15, 0.2) is 42.5 Å². The van der Waals surface area contributed by atoms with E-state index >= 15 is 0 Å². The molecule has 0 bridgehead atoms. The van der Waals surface area contributed by atoms with Gasteiger partial charge in [-0.2, -0.15) is 13.2 Å². The van der Waals surface area contributed by atoms with E-state index in [0.717, 1.165) is 11.6 Å². The average molecular weight is 200 g/mol. The number of hydrogen-bond acceptors (Lipinski definition) is 0. The summed E-state index contributed by atoms with van der Waals surface area (Å²) >= 11 is 0. The Bertz CT molecular complexity index is 285. The maximum Gasteiger partial charge on any atom is 0.392 e. The molecule has 0 radical (unpaired) electrons. The molecule has 0 saturated carbocycles. The largest absolute Gasteiger partial charge is 0.392 e. The zero-order chi connectivity index (χ0) is 10.4. The Hall–Kier alpha value is -1.25. The second-order valence-corrected chi connectivity index (χ2v) is 2.98. The van der Waals surface area contributed by atoms with Crippen LogP contribution in [0.3, 0.4) is 0 Å². The normalized spacial score (nSPS) is 12.2. The minimum atomic E-state index is -4.09. The van der Waals surface area contributed by atoms with E-state index in [1.165, 1.54) is 0 Å². The number of hydrogen-bond donors (Lipinski definition) is 0. The highest BCUT2D eigenvalue weighted by molar-refractivity contribution is 5.17. The van der Waals surface area contributed by atoms with Crippen molar-refractivity contribution in [3.05, 3.63) is 48.0 Å². The van der Waals surface area contributed by atoms with Crippen LogP contribution in [0.1, 0.15) is 12.0 Å². The van der Waals surface area contributed by atoms with Crippen molar-refractivity contribution in [1.82, 2.24) is 0 Å². The van der Waals surface area contributed by atoms with Crippen molar-refractivity contribution >= 4 is 0 Å². The molecule has 1 rings (SSSR count). The lowest BCUT2D eigenvalue weighted by atomic mass is 10.1. The van der Waals surface area contributed by atoms with Gasteiger partial charge >= 0.3 is 6.18 Å². The highest BCUT2D eigenvalue weighted by Crippen LogP contribution is 2.19. The van der Waals surface area contributed by atoms with E-state index in [2.05, 4.69) is 0 Å². The first-order valence-corrected chi connectivity index (χ1v) is 4.33. The van der Waals surface area contributed by atoms with Gasteiger partial charge in [0.05, 0.1) is 6.42 Å². The molecule has 0 spiro atoms. The van der Waals surface area contributed by atoms with Gasteiger partial charge in [-0.1, -0.05) is 42.5 Å². The van der Waals surface area contributed by atoms with Crippen LogP contribution in [0.5, 0.6) is 0 Å². The summed E-state index contributed by atoms with van der Waals surface area (Å²) in [5.74, 6) is 0. The summed E-state index contributed by atoms with van der Waals surface area (Å²) in [5, 5.41) is 0. The third kappa shape index (κ3) is 4.70. The van der Waals surface area contributed by atoms with Gasteiger partial charge < -0.3 is 0 Å². The van der Waals surface area contributed by atoms with E-state index in [1.54, 1.807) is 6.08 Å². The van der Waals surface area contributed by atoms with Gasteiger partial charge in [0.2, 0.25) is 0 Å². The van der Waals surface area contributed by atoms with E-state index in [0.29, 0.717) is 6.42 Å².